The van der Waals surface area contributed by atoms with Gasteiger partial charge in [-0.3, -0.25) is 0 Å². The van der Waals surface area contributed by atoms with Crippen LogP contribution in [0.5, 0.6) is 0 Å². The molecule has 3 rings (SSSR count). The van der Waals surface area contributed by atoms with Crippen molar-refractivity contribution in [2.45, 2.75) is 25.4 Å². The quantitative estimate of drug-likeness (QED) is 0.856. The number of nitrogens with zero attached hydrogens (tertiary/aromatic N) is 2. The molecule has 2 aromatic rings. The molecule has 5 nitrogen and oxygen atoms in total. The van der Waals surface area contributed by atoms with Gasteiger partial charge in [-0.2, -0.15) is 4.98 Å². The molecule has 7 heteroatoms. The molecule has 1 aromatic heterocycles. The van der Waals surface area contributed by atoms with Crippen LogP contribution in [0.4, 0.5) is 5.69 Å². The number of aromatic nitrogens is 2. The molecule has 0 spiro atoms. The van der Waals surface area contributed by atoms with Crippen LogP contribution < -0.4 is 5.73 Å². The Kier molecular flexibility index (Phi) is 3.36. The van der Waals surface area contributed by atoms with Gasteiger partial charge in [0.2, 0.25) is 5.82 Å². The second-order valence-electron chi connectivity index (χ2n) is 4.95. The van der Waals surface area contributed by atoms with E-state index in [9.17, 15) is 0 Å². The standard InChI is InChI=1S/C13H13Cl2N3O2/c1-13(3-2-4-19-13)12-17-11(20-18-12)8-5-7(14)6-9(15)10(8)16/h5-6H,2-4,16H2,1H3. The zero-order chi connectivity index (χ0) is 14.3. The van der Waals surface area contributed by atoms with Crippen molar-refractivity contribution in [3.8, 4) is 11.5 Å². The summed E-state index contributed by atoms with van der Waals surface area (Å²) in [4.78, 5) is 4.38. The number of nitrogens with two attached hydrogens (primary N) is 1. The lowest BCUT2D eigenvalue weighted by molar-refractivity contribution is 0.00768. The zero-order valence-electron chi connectivity index (χ0n) is 10.8. The first-order valence-electron chi connectivity index (χ1n) is 6.23. The van der Waals surface area contributed by atoms with Gasteiger partial charge in [-0.25, -0.2) is 0 Å². The molecule has 1 aliphatic heterocycles. The highest BCUT2D eigenvalue weighted by Crippen LogP contribution is 2.37. The van der Waals surface area contributed by atoms with Crippen LogP contribution in [-0.4, -0.2) is 16.7 Å². The van der Waals surface area contributed by atoms with E-state index in [1.807, 2.05) is 6.92 Å². The maximum Gasteiger partial charge on any atom is 0.260 e. The fraction of sp³-hybridized carbons (Fsp3) is 0.385. The SMILES string of the molecule is CC1(c2noc(-c3cc(Cl)cc(Cl)c3N)n2)CCCO1. The van der Waals surface area contributed by atoms with Crippen molar-refractivity contribution in [3.63, 3.8) is 0 Å². The van der Waals surface area contributed by atoms with Crippen LogP contribution in [0.2, 0.25) is 10.0 Å². The molecule has 1 aromatic carbocycles. The number of halogens is 2. The summed E-state index contributed by atoms with van der Waals surface area (Å²) in [7, 11) is 0. The highest BCUT2D eigenvalue weighted by molar-refractivity contribution is 6.37. The molecule has 0 aliphatic carbocycles. The Labute approximate surface area is 126 Å². The smallest absolute Gasteiger partial charge is 0.260 e. The van der Waals surface area contributed by atoms with Crippen LogP contribution >= 0.6 is 23.2 Å². The molecule has 2 N–H and O–H groups in total. The van der Waals surface area contributed by atoms with Crippen LogP contribution in [0.15, 0.2) is 16.7 Å². The number of nitrogen functional groups attached to an aromatic ring is 1. The van der Waals surface area contributed by atoms with E-state index < -0.39 is 5.60 Å². The average molecular weight is 314 g/mol. The van der Waals surface area contributed by atoms with E-state index in [-0.39, 0.29) is 0 Å². The molecule has 1 fully saturated rings. The van der Waals surface area contributed by atoms with Gasteiger partial charge in [-0.1, -0.05) is 28.4 Å². The highest BCUT2D eigenvalue weighted by Gasteiger charge is 2.37. The largest absolute Gasteiger partial charge is 0.397 e. The molecule has 20 heavy (non-hydrogen) atoms. The summed E-state index contributed by atoms with van der Waals surface area (Å²) in [5.74, 6) is 0.805. The average Bonchev–Trinajstić information content (AvgIpc) is 3.03. The van der Waals surface area contributed by atoms with Gasteiger partial charge in [0.25, 0.3) is 5.89 Å². The summed E-state index contributed by atoms with van der Waals surface area (Å²) in [5.41, 5.74) is 6.32. The van der Waals surface area contributed by atoms with E-state index in [0.29, 0.717) is 39.6 Å². The molecule has 1 unspecified atom stereocenters. The Balaban J connectivity index is 2.02. The first-order valence-corrected chi connectivity index (χ1v) is 6.98. The monoisotopic (exact) mass is 313 g/mol. The third kappa shape index (κ3) is 2.26. The lowest BCUT2D eigenvalue weighted by atomic mass is 10.0. The molecule has 1 saturated heterocycles. The van der Waals surface area contributed by atoms with E-state index in [2.05, 4.69) is 10.1 Å². The summed E-state index contributed by atoms with van der Waals surface area (Å²) in [6.07, 6.45) is 1.84. The fourth-order valence-electron chi connectivity index (χ4n) is 2.26. The number of anilines is 1. The van der Waals surface area contributed by atoms with E-state index in [4.69, 9.17) is 38.2 Å². The predicted octanol–water partition coefficient (Wildman–Crippen LogP) is 3.65. The van der Waals surface area contributed by atoms with Crippen molar-refractivity contribution in [2.75, 3.05) is 12.3 Å². The number of benzene rings is 1. The van der Waals surface area contributed by atoms with Crippen LogP contribution in [0.3, 0.4) is 0 Å². The number of hydrogen-bond acceptors (Lipinski definition) is 5. The zero-order valence-corrected chi connectivity index (χ0v) is 12.3. The van der Waals surface area contributed by atoms with E-state index in [1.165, 1.54) is 0 Å². The van der Waals surface area contributed by atoms with E-state index >= 15 is 0 Å². The van der Waals surface area contributed by atoms with Crippen LogP contribution in [0.1, 0.15) is 25.6 Å². The Hall–Kier alpha value is -1.30. The maximum atomic E-state index is 6.01. The summed E-state index contributed by atoms with van der Waals surface area (Å²) in [6, 6.07) is 3.22. The van der Waals surface area contributed by atoms with Gasteiger partial charge in [-0.05, 0) is 31.9 Å². The van der Waals surface area contributed by atoms with Crippen molar-refractivity contribution in [1.82, 2.24) is 10.1 Å². The van der Waals surface area contributed by atoms with Crippen LogP contribution in [0, 0.1) is 0 Å². The maximum absolute atomic E-state index is 6.01. The normalized spacial score (nSPS) is 22.4. The third-order valence-corrected chi connectivity index (χ3v) is 3.97. The Morgan fingerprint density at radius 3 is 2.85 bits per heavy atom. The second-order valence-corrected chi connectivity index (χ2v) is 5.80. The summed E-state index contributed by atoms with van der Waals surface area (Å²) in [5, 5.41) is 4.81. The predicted molar refractivity (Wildman–Crippen MR) is 76.7 cm³/mol. The van der Waals surface area contributed by atoms with Gasteiger partial charge in [0.05, 0.1) is 16.3 Å². The topological polar surface area (TPSA) is 74.2 Å². The highest BCUT2D eigenvalue weighted by atomic mass is 35.5. The first kappa shape index (κ1) is 13.7. The van der Waals surface area contributed by atoms with Gasteiger partial charge >= 0.3 is 0 Å². The van der Waals surface area contributed by atoms with Crippen molar-refractivity contribution in [3.05, 3.63) is 28.0 Å². The Bertz CT molecular complexity index is 651. The van der Waals surface area contributed by atoms with Gasteiger partial charge in [0.1, 0.15) is 5.60 Å². The molecule has 0 bridgehead atoms. The fourth-order valence-corrected chi connectivity index (χ4v) is 2.76. The molecule has 106 valence electrons. The van der Waals surface area contributed by atoms with Crippen molar-refractivity contribution in [1.29, 1.82) is 0 Å². The minimum atomic E-state index is -0.501. The minimum Gasteiger partial charge on any atom is -0.397 e. The second kappa shape index (κ2) is 4.91. The molecule has 0 saturated carbocycles. The molecule has 1 aliphatic rings. The van der Waals surface area contributed by atoms with Crippen molar-refractivity contribution >= 4 is 28.9 Å². The van der Waals surface area contributed by atoms with Crippen LogP contribution in [-0.2, 0) is 10.3 Å². The molecule has 0 radical (unpaired) electrons. The van der Waals surface area contributed by atoms with E-state index in [1.54, 1.807) is 12.1 Å². The summed E-state index contributed by atoms with van der Waals surface area (Å²) in [6.45, 7) is 2.65. The Morgan fingerprint density at radius 2 is 2.15 bits per heavy atom. The summed E-state index contributed by atoms with van der Waals surface area (Å²) < 4.78 is 11.0. The Morgan fingerprint density at radius 1 is 1.35 bits per heavy atom. The van der Waals surface area contributed by atoms with E-state index in [0.717, 1.165) is 12.8 Å². The van der Waals surface area contributed by atoms with Gasteiger partial charge in [0, 0.05) is 11.6 Å². The summed E-state index contributed by atoms with van der Waals surface area (Å²) >= 11 is 12.0. The van der Waals surface area contributed by atoms with Gasteiger partial charge in [-0.15, -0.1) is 0 Å². The first-order chi connectivity index (χ1) is 9.49. The van der Waals surface area contributed by atoms with Crippen molar-refractivity contribution in [2.24, 2.45) is 0 Å². The number of ether oxygens (including phenoxy) is 1. The van der Waals surface area contributed by atoms with Gasteiger partial charge in [0.15, 0.2) is 0 Å². The van der Waals surface area contributed by atoms with Crippen molar-refractivity contribution < 1.29 is 9.26 Å². The van der Waals surface area contributed by atoms with Crippen LogP contribution in [0.25, 0.3) is 11.5 Å². The number of hydrogen-bond donors (Lipinski definition) is 1. The lowest BCUT2D eigenvalue weighted by Crippen LogP contribution is -2.21. The lowest BCUT2D eigenvalue weighted by Gasteiger charge is -2.17. The minimum absolute atomic E-state index is 0.290. The third-order valence-electron chi connectivity index (χ3n) is 3.44. The molecule has 2 heterocycles. The molecular weight excluding hydrogens is 301 g/mol. The molecular formula is C13H13Cl2N3O2. The molecule has 0 amide bonds. The van der Waals surface area contributed by atoms with Gasteiger partial charge < -0.3 is 15.0 Å². The molecule has 1 atom stereocenters. The number of rotatable bonds is 2.